The third-order valence-corrected chi connectivity index (χ3v) is 6.25. The fraction of sp³-hybridized carbons (Fsp3) is 0.353. The molecular formula is C17H18FN5O2S. The number of rotatable bonds is 4. The Hall–Kier alpha value is -2.57. The number of benzene rings is 1. The van der Waals surface area contributed by atoms with Gasteiger partial charge in [-0.1, -0.05) is 6.92 Å². The summed E-state index contributed by atoms with van der Waals surface area (Å²) in [5.41, 5.74) is 0.752. The molecule has 1 fully saturated rings. The predicted molar refractivity (Wildman–Crippen MR) is 93.5 cm³/mol. The Labute approximate surface area is 151 Å². The van der Waals surface area contributed by atoms with E-state index in [9.17, 15) is 12.8 Å². The molecule has 26 heavy (non-hydrogen) atoms. The van der Waals surface area contributed by atoms with Gasteiger partial charge in [0.25, 0.3) is 0 Å². The number of aromatic nitrogens is 2. The van der Waals surface area contributed by atoms with Gasteiger partial charge < -0.3 is 4.90 Å². The molecule has 1 aliphatic rings. The lowest BCUT2D eigenvalue weighted by Gasteiger charge is -2.34. The van der Waals surface area contributed by atoms with Crippen molar-refractivity contribution in [2.75, 3.05) is 31.1 Å². The normalized spacial score (nSPS) is 15.7. The van der Waals surface area contributed by atoms with Crippen molar-refractivity contribution in [3.63, 3.8) is 0 Å². The van der Waals surface area contributed by atoms with Gasteiger partial charge in [0.2, 0.25) is 10.0 Å². The molecule has 1 aromatic carbocycles. The number of anilines is 1. The van der Waals surface area contributed by atoms with E-state index in [1.54, 1.807) is 4.90 Å². The Morgan fingerprint density at radius 1 is 1.15 bits per heavy atom. The summed E-state index contributed by atoms with van der Waals surface area (Å²) >= 11 is 0. The standard InChI is InChI=1S/C17H18FN5O2S/c1-2-15-16(18)17(21-12-20-15)22-7-9-23(10-8-22)26(24,25)14-5-3-13(11-19)4-6-14/h3-6,12H,2,7-10H2,1H3. The molecule has 0 unspecified atom stereocenters. The summed E-state index contributed by atoms with van der Waals surface area (Å²) in [6, 6.07) is 7.77. The summed E-state index contributed by atoms with van der Waals surface area (Å²) in [4.78, 5) is 9.82. The molecule has 2 aromatic rings. The summed E-state index contributed by atoms with van der Waals surface area (Å²) in [7, 11) is -3.64. The lowest BCUT2D eigenvalue weighted by atomic mass is 10.2. The quantitative estimate of drug-likeness (QED) is 0.806. The summed E-state index contributed by atoms with van der Waals surface area (Å²) in [5, 5.41) is 8.82. The van der Waals surface area contributed by atoms with E-state index in [4.69, 9.17) is 5.26 Å². The zero-order valence-electron chi connectivity index (χ0n) is 14.3. The molecule has 1 aliphatic heterocycles. The third-order valence-electron chi connectivity index (χ3n) is 4.34. The van der Waals surface area contributed by atoms with Gasteiger partial charge >= 0.3 is 0 Å². The topological polar surface area (TPSA) is 90.2 Å². The van der Waals surface area contributed by atoms with Crippen LogP contribution in [0.3, 0.4) is 0 Å². The highest BCUT2D eigenvalue weighted by Gasteiger charge is 2.30. The Bertz CT molecular complexity index is 933. The molecule has 3 rings (SSSR count). The number of nitriles is 1. The summed E-state index contributed by atoms with van der Waals surface area (Å²) in [6.45, 7) is 2.96. The van der Waals surface area contributed by atoms with Crippen molar-refractivity contribution in [1.29, 1.82) is 5.26 Å². The third kappa shape index (κ3) is 3.38. The summed E-state index contributed by atoms with van der Waals surface area (Å²) in [6.07, 6.45) is 1.80. The van der Waals surface area contributed by atoms with Gasteiger partial charge in [-0.3, -0.25) is 0 Å². The SMILES string of the molecule is CCc1ncnc(N2CCN(S(=O)(=O)c3ccc(C#N)cc3)CC2)c1F. The maximum Gasteiger partial charge on any atom is 0.243 e. The van der Waals surface area contributed by atoms with Gasteiger partial charge in [-0.15, -0.1) is 0 Å². The number of hydrogen-bond acceptors (Lipinski definition) is 6. The lowest BCUT2D eigenvalue weighted by Crippen LogP contribution is -2.49. The minimum absolute atomic E-state index is 0.145. The van der Waals surface area contributed by atoms with Crippen LogP contribution in [0.1, 0.15) is 18.2 Å². The van der Waals surface area contributed by atoms with Crippen LogP contribution in [-0.2, 0) is 16.4 Å². The molecule has 0 radical (unpaired) electrons. The van der Waals surface area contributed by atoms with E-state index >= 15 is 0 Å². The number of halogens is 1. The second-order valence-corrected chi connectivity index (χ2v) is 7.78. The van der Waals surface area contributed by atoms with Crippen LogP contribution < -0.4 is 4.90 Å². The van der Waals surface area contributed by atoms with E-state index in [0.717, 1.165) is 0 Å². The van der Waals surface area contributed by atoms with Gasteiger partial charge in [0.1, 0.15) is 6.33 Å². The van der Waals surface area contributed by atoms with Crippen molar-refractivity contribution in [1.82, 2.24) is 14.3 Å². The van der Waals surface area contributed by atoms with Gasteiger partial charge in [0.05, 0.1) is 22.2 Å². The Kier molecular flexibility index (Phi) is 5.15. The van der Waals surface area contributed by atoms with E-state index in [1.807, 2.05) is 13.0 Å². The monoisotopic (exact) mass is 375 g/mol. The Morgan fingerprint density at radius 3 is 2.38 bits per heavy atom. The van der Waals surface area contributed by atoms with Crippen molar-refractivity contribution in [3.8, 4) is 6.07 Å². The predicted octanol–water partition coefficient (Wildman–Crippen LogP) is 1.56. The van der Waals surface area contributed by atoms with Crippen LogP contribution in [0.4, 0.5) is 10.2 Å². The molecule has 9 heteroatoms. The van der Waals surface area contributed by atoms with Gasteiger partial charge in [0.15, 0.2) is 11.6 Å². The fourth-order valence-corrected chi connectivity index (χ4v) is 4.28. The number of hydrogen-bond donors (Lipinski definition) is 0. The van der Waals surface area contributed by atoms with E-state index in [0.29, 0.717) is 30.8 Å². The molecule has 1 aromatic heterocycles. The van der Waals surface area contributed by atoms with Crippen LogP contribution >= 0.6 is 0 Å². The number of piperazine rings is 1. The maximum atomic E-state index is 14.4. The van der Waals surface area contributed by atoms with Crippen LogP contribution in [0, 0.1) is 17.1 Å². The number of nitrogens with zero attached hydrogens (tertiary/aromatic N) is 5. The number of aryl methyl sites for hydroxylation is 1. The summed E-state index contributed by atoms with van der Waals surface area (Å²) < 4.78 is 41.2. The van der Waals surface area contributed by atoms with Crippen molar-refractivity contribution in [3.05, 3.63) is 47.7 Å². The molecule has 0 atom stereocenters. The van der Waals surface area contributed by atoms with Crippen LogP contribution in [-0.4, -0.2) is 48.9 Å². The first-order valence-electron chi connectivity index (χ1n) is 8.22. The van der Waals surface area contributed by atoms with Crippen molar-refractivity contribution >= 4 is 15.8 Å². The first-order valence-corrected chi connectivity index (χ1v) is 9.66. The average Bonchev–Trinajstić information content (AvgIpc) is 2.68. The molecule has 0 spiro atoms. The molecule has 1 saturated heterocycles. The highest BCUT2D eigenvalue weighted by molar-refractivity contribution is 7.89. The first-order chi connectivity index (χ1) is 12.5. The van der Waals surface area contributed by atoms with Crippen molar-refractivity contribution in [2.45, 2.75) is 18.2 Å². The second-order valence-electron chi connectivity index (χ2n) is 5.84. The zero-order valence-corrected chi connectivity index (χ0v) is 15.1. The molecule has 0 amide bonds. The Balaban J connectivity index is 1.74. The van der Waals surface area contributed by atoms with Gasteiger partial charge in [-0.05, 0) is 30.7 Å². The van der Waals surface area contributed by atoms with Crippen LogP contribution in [0.15, 0.2) is 35.5 Å². The molecular weight excluding hydrogens is 357 g/mol. The number of sulfonamides is 1. The molecule has 0 saturated carbocycles. The van der Waals surface area contributed by atoms with Crippen LogP contribution in [0.2, 0.25) is 0 Å². The van der Waals surface area contributed by atoms with E-state index < -0.39 is 15.8 Å². The maximum absolute atomic E-state index is 14.4. The molecule has 0 bridgehead atoms. The largest absolute Gasteiger partial charge is 0.351 e. The zero-order chi connectivity index (χ0) is 18.7. The molecule has 0 aliphatic carbocycles. The lowest BCUT2D eigenvalue weighted by molar-refractivity contribution is 0.381. The molecule has 2 heterocycles. The highest BCUT2D eigenvalue weighted by Crippen LogP contribution is 2.23. The smallest absolute Gasteiger partial charge is 0.243 e. The van der Waals surface area contributed by atoms with E-state index in [-0.39, 0.29) is 23.8 Å². The van der Waals surface area contributed by atoms with E-state index in [1.165, 1.54) is 34.9 Å². The van der Waals surface area contributed by atoms with Gasteiger partial charge in [-0.25, -0.2) is 22.8 Å². The minimum Gasteiger partial charge on any atom is -0.351 e. The van der Waals surface area contributed by atoms with Crippen LogP contribution in [0.25, 0.3) is 0 Å². The molecule has 136 valence electrons. The van der Waals surface area contributed by atoms with E-state index in [2.05, 4.69) is 9.97 Å². The Morgan fingerprint density at radius 2 is 1.81 bits per heavy atom. The fourth-order valence-electron chi connectivity index (χ4n) is 2.85. The minimum atomic E-state index is -3.64. The first kappa shape index (κ1) is 18.2. The van der Waals surface area contributed by atoms with Gasteiger partial charge in [0, 0.05) is 26.2 Å². The molecule has 0 N–H and O–H groups in total. The van der Waals surface area contributed by atoms with Crippen LogP contribution in [0.5, 0.6) is 0 Å². The van der Waals surface area contributed by atoms with Gasteiger partial charge in [-0.2, -0.15) is 9.57 Å². The van der Waals surface area contributed by atoms with Crippen molar-refractivity contribution in [2.24, 2.45) is 0 Å². The van der Waals surface area contributed by atoms with Crippen molar-refractivity contribution < 1.29 is 12.8 Å². The summed E-state index contributed by atoms with van der Waals surface area (Å²) in [5.74, 6) is -0.231. The average molecular weight is 375 g/mol. The second kappa shape index (κ2) is 7.35. The highest BCUT2D eigenvalue weighted by atomic mass is 32.2. The molecule has 7 nitrogen and oxygen atoms in total.